The molecule has 0 heterocycles. The first-order chi connectivity index (χ1) is 6.29. The summed E-state index contributed by atoms with van der Waals surface area (Å²) >= 11 is 0. The summed E-state index contributed by atoms with van der Waals surface area (Å²) in [4.78, 5) is 0. The average Bonchev–Trinajstić information content (AvgIpc) is 2.48. The summed E-state index contributed by atoms with van der Waals surface area (Å²) in [6.45, 7) is 3.68. The Hall–Kier alpha value is -0.740. The van der Waals surface area contributed by atoms with E-state index in [1.165, 1.54) is 0 Å². The molecule has 1 nitrogen and oxygen atoms in total. The summed E-state index contributed by atoms with van der Waals surface area (Å²) in [5, 5.41) is 9.67. The summed E-state index contributed by atoms with van der Waals surface area (Å²) in [7, 11) is 0. The Morgan fingerprint density at radius 2 is 2.31 bits per heavy atom. The molecule has 1 fully saturated rings. The zero-order valence-corrected chi connectivity index (χ0v) is 8.08. The Labute approximate surface area is 80.9 Å². The van der Waals surface area contributed by atoms with Gasteiger partial charge in [0.1, 0.15) is 0 Å². The van der Waals surface area contributed by atoms with Crippen LogP contribution in [0, 0.1) is 24.2 Å². The first-order valence-electron chi connectivity index (χ1n) is 5.04. The Morgan fingerprint density at radius 1 is 1.54 bits per heavy atom. The highest BCUT2D eigenvalue weighted by atomic mass is 16.3. The number of terminal acetylenes is 1. The molecule has 0 aliphatic heterocycles. The average molecular weight is 178 g/mol. The molecule has 13 heavy (non-hydrogen) atoms. The lowest BCUT2D eigenvalue weighted by molar-refractivity contribution is 0.119. The molecular formula is C12H18O. The van der Waals surface area contributed by atoms with Crippen molar-refractivity contribution in [2.24, 2.45) is 11.8 Å². The first-order valence-corrected chi connectivity index (χ1v) is 5.04. The van der Waals surface area contributed by atoms with E-state index in [4.69, 9.17) is 6.42 Å². The topological polar surface area (TPSA) is 20.2 Å². The Balaban J connectivity index is 2.36. The van der Waals surface area contributed by atoms with Crippen molar-refractivity contribution in [3.8, 4) is 12.3 Å². The second kappa shape index (κ2) is 5.09. The number of hydrogen-bond acceptors (Lipinski definition) is 1. The van der Waals surface area contributed by atoms with E-state index < -0.39 is 0 Å². The number of hydrogen-bond donors (Lipinski definition) is 1. The van der Waals surface area contributed by atoms with Gasteiger partial charge in [-0.05, 0) is 38.0 Å². The second-order valence-corrected chi connectivity index (χ2v) is 3.80. The quantitative estimate of drug-likeness (QED) is 0.398. The maximum Gasteiger partial charge on any atom is 0.0580 e. The molecule has 1 aliphatic carbocycles. The number of rotatable bonds is 4. The Kier molecular flexibility index (Phi) is 4.05. The van der Waals surface area contributed by atoms with Crippen LogP contribution in [0.15, 0.2) is 12.7 Å². The van der Waals surface area contributed by atoms with Crippen molar-refractivity contribution in [1.29, 1.82) is 0 Å². The van der Waals surface area contributed by atoms with Gasteiger partial charge in [0.05, 0.1) is 6.10 Å². The lowest BCUT2D eigenvalue weighted by Gasteiger charge is -2.17. The van der Waals surface area contributed by atoms with Gasteiger partial charge < -0.3 is 5.11 Å². The normalized spacial score (nSPS) is 32.8. The van der Waals surface area contributed by atoms with Crippen LogP contribution in [-0.2, 0) is 0 Å². The minimum atomic E-state index is -0.161. The van der Waals surface area contributed by atoms with Crippen LogP contribution in [0.25, 0.3) is 0 Å². The van der Waals surface area contributed by atoms with Gasteiger partial charge in [0.15, 0.2) is 0 Å². The van der Waals surface area contributed by atoms with E-state index in [9.17, 15) is 5.11 Å². The van der Waals surface area contributed by atoms with E-state index in [2.05, 4.69) is 12.5 Å². The van der Waals surface area contributed by atoms with Gasteiger partial charge in [-0.15, -0.1) is 18.9 Å². The van der Waals surface area contributed by atoms with Gasteiger partial charge in [0, 0.05) is 5.92 Å². The number of aliphatic hydroxyl groups excluding tert-OH is 1. The van der Waals surface area contributed by atoms with Crippen LogP contribution in [0.5, 0.6) is 0 Å². The number of aliphatic hydroxyl groups is 1. The van der Waals surface area contributed by atoms with Crippen molar-refractivity contribution >= 4 is 0 Å². The van der Waals surface area contributed by atoms with Gasteiger partial charge in [-0.3, -0.25) is 0 Å². The maximum absolute atomic E-state index is 9.67. The molecule has 0 bridgehead atoms. The van der Waals surface area contributed by atoms with Gasteiger partial charge in [-0.25, -0.2) is 0 Å². The molecule has 0 saturated heterocycles. The molecular weight excluding hydrogens is 160 g/mol. The molecule has 1 N–H and O–H groups in total. The maximum atomic E-state index is 9.67. The molecule has 0 aromatic heterocycles. The summed E-state index contributed by atoms with van der Waals surface area (Å²) < 4.78 is 0. The Morgan fingerprint density at radius 3 is 2.92 bits per heavy atom. The minimum Gasteiger partial charge on any atom is -0.393 e. The molecule has 0 radical (unpaired) electrons. The summed E-state index contributed by atoms with van der Waals surface area (Å²) in [6.07, 6.45) is 12.2. The van der Waals surface area contributed by atoms with Gasteiger partial charge in [-0.2, -0.15) is 0 Å². The lowest BCUT2D eigenvalue weighted by atomic mass is 9.90. The van der Waals surface area contributed by atoms with E-state index in [-0.39, 0.29) is 6.10 Å². The van der Waals surface area contributed by atoms with Crippen molar-refractivity contribution in [3.63, 3.8) is 0 Å². The van der Waals surface area contributed by atoms with Gasteiger partial charge in [-0.1, -0.05) is 6.08 Å². The van der Waals surface area contributed by atoms with E-state index in [1.54, 1.807) is 0 Å². The first kappa shape index (κ1) is 10.3. The largest absolute Gasteiger partial charge is 0.393 e. The molecule has 0 unspecified atom stereocenters. The van der Waals surface area contributed by atoms with E-state index in [0.29, 0.717) is 11.8 Å². The van der Waals surface area contributed by atoms with E-state index >= 15 is 0 Å². The third-order valence-electron chi connectivity index (χ3n) is 2.94. The lowest BCUT2D eigenvalue weighted by Crippen LogP contribution is -2.18. The van der Waals surface area contributed by atoms with Crippen LogP contribution >= 0.6 is 0 Å². The van der Waals surface area contributed by atoms with Crippen molar-refractivity contribution in [2.45, 2.75) is 38.2 Å². The highest BCUT2D eigenvalue weighted by molar-refractivity contribution is 5.02. The van der Waals surface area contributed by atoms with E-state index in [0.717, 1.165) is 32.1 Å². The SMILES string of the molecule is C#C[C@H]1CC[C@@H](O)[C@@H]1CCCC=C. The van der Waals surface area contributed by atoms with Crippen LogP contribution in [0.2, 0.25) is 0 Å². The fourth-order valence-corrected chi connectivity index (χ4v) is 2.15. The van der Waals surface area contributed by atoms with Crippen LogP contribution in [-0.4, -0.2) is 11.2 Å². The van der Waals surface area contributed by atoms with Crippen molar-refractivity contribution < 1.29 is 5.11 Å². The minimum absolute atomic E-state index is 0.161. The molecule has 1 aliphatic rings. The van der Waals surface area contributed by atoms with E-state index in [1.807, 2.05) is 6.08 Å². The van der Waals surface area contributed by atoms with Crippen LogP contribution in [0.1, 0.15) is 32.1 Å². The molecule has 0 amide bonds. The molecule has 72 valence electrons. The third kappa shape index (κ3) is 2.60. The standard InChI is InChI=1S/C12H18O/c1-3-5-6-7-11-10(4-2)8-9-12(11)13/h2-3,10-13H,1,5-9H2/t10-,11+,12+/m0/s1. The van der Waals surface area contributed by atoms with Crippen LogP contribution in [0.3, 0.4) is 0 Å². The molecule has 1 saturated carbocycles. The van der Waals surface area contributed by atoms with Crippen molar-refractivity contribution in [1.82, 2.24) is 0 Å². The van der Waals surface area contributed by atoms with Gasteiger partial charge in [0.2, 0.25) is 0 Å². The number of allylic oxidation sites excluding steroid dienone is 1. The van der Waals surface area contributed by atoms with Crippen LogP contribution < -0.4 is 0 Å². The molecule has 0 spiro atoms. The molecule has 3 atom stereocenters. The fraction of sp³-hybridized carbons (Fsp3) is 0.667. The molecule has 1 heteroatoms. The monoisotopic (exact) mass is 178 g/mol. The summed E-state index contributed by atoms with van der Waals surface area (Å²) in [5.41, 5.74) is 0. The predicted octanol–water partition coefficient (Wildman–Crippen LogP) is 2.36. The smallest absolute Gasteiger partial charge is 0.0580 e. The van der Waals surface area contributed by atoms with Crippen LogP contribution in [0.4, 0.5) is 0 Å². The highest BCUT2D eigenvalue weighted by Gasteiger charge is 2.32. The second-order valence-electron chi connectivity index (χ2n) is 3.80. The zero-order chi connectivity index (χ0) is 9.68. The molecule has 0 aromatic rings. The van der Waals surface area contributed by atoms with Gasteiger partial charge >= 0.3 is 0 Å². The summed E-state index contributed by atoms with van der Waals surface area (Å²) in [5.74, 6) is 3.43. The predicted molar refractivity (Wildman–Crippen MR) is 55.1 cm³/mol. The Bertz CT molecular complexity index is 202. The third-order valence-corrected chi connectivity index (χ3v) is 2.94. The molecule has 0 aromatic carbocycles. The molecule has 1 rings (SSSR count). The summed E-state index contributed by atoms with van der Waals surface area (Å²) in [6, 6.07) is 0. The highest BCUT2D eigenvalue weighted by Crippen LogP contribution is 2.34. The van der Waals surface area contributed by atoms with Gasteiger partial charge in [0.25, 0.3) is 0 Å². The van der Waals surface area contributed by atoms with Crippen molar-refractivity contribution in [3.05, 3.63) is 12.7 Å². The number of unbranched alkanes of at least 4 members (excludes halogenated alkanes) is 1. The fourth-order valence-electron chi connectivity index (χ4n) is 2.15. The van der Waals surface area contributed by atoms with Crippen molar-refractivity contribution in [2.75, 3.05) is 0 Å². The zero-order valence-electron chi connectivity index (χ0n) is 8.08.